The lowest BCUT2D eigenvalue weighted by atomic mass is 9.92. The highest BCUT2D eigenvalue weighted by Crippen LogP contribution is 2.41. The summed E-state index contributed by atoms with van der Waals surface area (Å²) >= 11 is 0. The Labute approximate surface area is 242 Å². The molecule has 1 N–H and O–H groups in total. The number of benzene rings is 3. The zero-order chi connectivity index (χ0) is 28.3. The highest BCUT2D eigenvalue weighted by atomic mass is 32.2. The van der Waals surface area contributed by atoms with Crippen LogP contribution in [0.3, 0.4) is 0 Å². The zero-order valence-corrected chi connectivity index (χ0v) is 24.0. The molecule has 1 atom stereocenters. The number of hydrogen-bond acceptors (Lipinski definition) is 7. The highest BCUT2D eigenvalue weighted by molar-refractivity contribution is 7.85. The molecule has 0 amide bonds. The Morgan fingerprint density at radius 3 is 2.71 bits per heavy atom. The third-order valence-corrected chi connectivity index (χ3v) is 9.25. The molecule has 41 heavy (non-hydrogen) atoms. The Balaban J connectivity index is 1.14. The van der Waals surface area contributed by atoms with E-state index in [1.165, 1.54) is 11.1 Å². The van der Waals surface area contributed by atoms with Gasteiger partial charge in [0.25, 0.3) is 0 Å². The number of carbonyl (C=O) groups is 1. The molecular formula is C32H35NO7S. The first kappa shape index (κ1) is 27.6. The Morgan fingerprint density at radius 2 is 1.88 bits per heavy atom. The summed E-state index contributed by atoms with van der Waals surface area (Å²) in [7, 11) is -0.667. The largest absolute Gasteiger partial charge is 0.493 e. The fourth-order valence-electron chi connectivity index (χ4n) is 5.83. The summed E-state index contributed by atoms with van der Waals surface area (Å²) < 4.78 is 35.7. The summed E-state index contributed by atoms with van der Waals surface area (Å²) in [5.74, 6) is 3.66. The van der Waals surface area contributed by atoms with Crippen LogP contribution in [0.5, 0.6) is 23.0 Å². The predicted molar refractivity (Wildman–Crippen MR) is 157 cm³/mol. The molecule has 216 valence electrons. The van der Waals surface area contributed by atoms with E-state index in [4.69, 9.17) is 24.1 Å². The SMILES string of the molecule is Cc1cc(OCCN2CCS(=O)CC2)cc2c1-c1cc(COc3ccc4c(c3)OCC4CC(=O)O)ccc1OCC2. The number of nitrogens with zero attached hydrogens (tertiary/aromatic N) is 1. The molecule has 1 saturated heterocycles. The molecule has 1 fully saturated rings. The normalized spacial score (nSPS) is 18.3. The van der Waals surface area contributed by atoms with E-state index in [0.717, 1.165) is 71.3 Å². The van der Waals surface area contributed by atoms with Gasteiger partial charge in [-0.3, -0.25) is 13.9 Å². The van der Waals surface area contributed by atoms with E-state index in [1.807, 2.05) is 30.3 Å². The number of aliphatic carboxylic acids is 1. The van der Waals surface area contributed by atoms with Gasteiger partial charge >= 0.3 is 5.97 Å². The molecule has 3 aromatic carbocycles. The lowest BCUT2D eigenvalue weighted by molar-refractivity contribution is -0.137. The summed E-state index contributed by atoms with van der Waals surface area (Å²) in [5, 5.41) is 9.14. The van der Waals surface area contributed by atoms with Crippen LogP contribution >= 0.6 is 0 Å². The molecule has 3 aliphatic rings. The number of rotatable bonds is 9. The predicted octanol–water partition coefficient (Wildman–Crippen LogP) is 4.57. The fraction of sp³-hybridized carbons (Fsp3) is 0.406. The second-order valence-electron chi connectivity index (χ2n) is 10.8. The Bertz CT molecular complexity index is 1460. The van der Waals surface area contributed by atoms with Gasteiger partial charge < -0.3 is 24.1 Å². The molecule has 0 radical (unpaired) electrons. The Morgan fingerprint density at radius 1 is 1.02 bits per heavy atom. The van der Waals surface area contributed by atoms with Crippen LogP contribution in [0.15, 0.2) is 48.5 Å². The topological polar surface area (TPSA) is 94.5 Å². The Kier molecular flexibility index (Phi) is 8.16. The van der Waals surface area contributed by atoms with Crippen molar-refractivity contribution in [3.8, 4) is 34.1 Å². The van der Waals surface area contributed by atoms with Crippen LogP contribution in [0.4, 0.5) is 0 Å². The number of carboxylic acids is 1. The molecule has 9 heteroatoms. The van der Waals surface area contributed by atoms with Crippen molar-refractivity contribution in [3.05, 3.63) is 70.8 Å². The minimum absolute atomic E-state index is 0.0572. The van der Waals surface area contributed by atoms with Gasteiger partial charge in [-0.1, -0.05) is 12.1 Å². The van der Waals surface area contributed by atoms with Crippen LogP contribution in [0.25, 0.3) is 11.1 Å². The second-order valence-corrected chi connectivity index (χ2v) is 12.5. The van der Waals surface area contributed by atoms with E-state index in [-0.39, 0.29) is 12.3 Å². The average molecular weight is 578 g/mol. The maximum atomic E-state index is 11.6. The Hall–Kier alpha value is -3.56. The van der Waals surface area contributed by atoms with Gasteiger partial charge in [0.1, 0.15) is 36.2 Å². The maximum Gasteiger partial charge on any atom is 0.304 e. The molecule has 3 heterocycles. The summed E-state index contributed by atoms with van der Waals surface area (Å²) in [4.78, 5) is 13.4. The van der Waals surface area contributed by atoms with Gasteiger partial charge in [-0.2, -0.15) is 0 Å². The summed E-state index contributed by atoms with van der Waals surface area (Å²) in [5.41, 5.74) is 6.52. The molecule has 0 bridgehead atoms. The number of ether oxygens (including phenoxy) is 4. The minimum atomic E-state index is -0.826. The molecule has 0 spiro atoms. The van der Waals surface area contributed by atoms with Gasteiger partial charge in [0.05, 0.1) is 19.6 Å². The van der Waals surface area contributed by atoms with Gasteiger partial charge in [0.15, 0.2) is 0 Å². The first-order valence-electron chi connectivity index (χ1n) is 14.1. The van der Waals surface area contributed by atoms with Crippen molar-refractivity contribution >= 4 is 16.8 Å². The lowest BCUT2D eigenvalue weighted by Crippen LogP contribution is -2.39. The quantitative estimate of drug-likeness (QED) is 0.395. The van der Waals surface area contributed by atoms with Crippen LogP contribution in [0.1, 0.15) is 34.6 Å². The van der Waals surface area contributed by atoms with Crippen molar-refractivity contribution in [1.29, 1.82) is 0 Å². The maximum absolute atomic E-state index is 11.6. The van der Waals surface area contributed by atoms with Gasteiger partial charge in [-0.25, -0.2) is 0 Å². The summed E-state index contributed by atoms with van der Waals surface area (Å²) in [6.07, 6.45) is 0.853. The van der Waals surface area contributed by atoms with Gasteiger partial charge in [-0.05, 0) is 59.5 Å². The number of aryl methyl sites for hydroxylation is 1. The van der Waals surface area contributed by atoms with Crippen molar-refractivity contribution in [3.63, 3.8) is 0 Å². The van der Waals surface area contributed by atoms with E-state index in [1.54, 1.807) is 0 Å². The summed E-state index contributed by atoms with van der Waals surface area (Å²) in [6.45, 7) is 6.65. The number of carboxylic acid groups (broad SMARTS) is 1. The van der Waals surface area contributed by atoms with Crippen molar-refractivity contribution in [2.45, 2.75) is 32.3 Å². The van der Waals surface area contributed by atoms with E-state index < -0.39 is 16.8 Å². The smallest absolute Gasteiger partial charge is 0.304 e. The van der Waals surface area contributed by atoms with Crippen molar-refractivity contribution in [1.82, 2.24) is 4.90 Å². The zero-order valence-electron chi connectivity index (χ0n) is 23.2. The molecule has 0 aliphatic carbocycles. The van der Waals surface area contributed by atoms with Gasteiger partial charge in [-0.15, -0.1) is 0 Å². The second kappa shape index (κ2) is 12.1. The van der Waals surface area contributed by atoms with E-state index in [9.17, 15) is 9.00 Å². The molecular weight excluding hydrogens is 542 g/mol. The third kappa shape index (κ3) is 6.36. The van der Waals surface area contributed by atoms with Crippen molar-refractivity contribution < 1.29 is 33.1 Å². The summed E-state index contributed by atoms with van der Waals surface area (Å²) in [6, 6.07) is 16.0. The van der Waals surface area contributed by atoms with Crippen molar-refractivity contribution in [2.75, 3.05) is 51.0 Å². The van der Waals surface area contributed by atoms with Crippen LogP contribution in [-0.4, -0.2) is 71.1 Å². The van der Waals surface area contributed by atoms with Gasteiger partial charge in [0.2, 0.25) is 0 Å². The third-order valence-electron chi connectivity index (χ3n) is 7.97. The van der Waals surface area contributed by atoms with Crippen molar-refractivity contribution in [2.24, 2.45) is 0 Å². The molecule has 1 unspecified atom stereocenters. The molecule has 0 saturated carbocycles. The van der Waals surface area contributed by atoms with Crippen LogP contribution < -0.4 is 18.9 Å². The number of fused-ring (bicyclic) bond motifs is 4. The number of hydrogen-bond donors (Lipinski definition) is 1. The molecule has 3 aromatic rings. The van der Waals surface area contributed by atoms with Gasteiger partial charge in [0, 0.05) is 71.5 Å². The molecule has 3 aliphatic heterocycles. The fourth-order valence-corrected chi connectivity index (χ4v) is 6.96. The molecule has 8 nitrogen and oxygen atoms in total. The van der Waals surface area contributed by atoms with E-state index >= 15 is 0 Å². The monoisotopic (exact) mass is 577 g/mol. The van der Waals surface area contributed by atoms with E-state index in [0.29, 0.717) is 37.9 Å². The van der Waals surface area contributed by atoms with E-state index in [2.05, 4.69) is 30.0 Å². The first-order chi connectivity index (χ1) is 19.9. The molecule has 0 aromatic heterocycles. The standard InChI is InChI=1S/C32H35NO7S/c1-21-14-26(37-11-7-33-8-12-41(36)13-9-33)16-23-6-10-38-29-5-2-22(15-28(29)32(21)23)19-39-25-3-4-27-24(17-31(34)35)20-40-30(27)18-25/h2-5,14-16,18,24H,6-13,17,19-20H2,1H3,(H,34,35). The first-order valence-corrected chi connectivity index (χ1v) is 15.6. The van der Waals surface area contributed by atoms with Crippen LogP contribution in [0, 0.1) is 6.92 Å². The van der Waals surface area contributed by atoms with Crippen LogP contribution in [-0.2, 0) is 28.6 Å². The van der Waals surface area contributed by atoms with Crippen LogP contribution in [0.2, 0.25) is 0 Å². The lowest BCUT2D eigenvalue weighted by Gasteiger charge is -2.26. The molecule has 6 rings (SSSR count). The highest BCUT2D eigenvalue weighted by Gasteiger charge is 2.27. The minimum Gasteiger partial charge on any atom is -0.493 e. The average Bonchev–Trinajstić information content (AvgIpc) is 3.24.